The van der Waals surface area contributed by atoms with Crippen LogP contribution in [-0.4, -0.2) is 14.5 Å². The van der Waals surface area contributed by atoms with Crippen molar-refractivity contribution in [1.29, 1.82) is 0 Å². The topological polar surface area (TPSA) is 86.9 Å². The van der Waals surface area contributed by atoms with Gasteiger partial charge >= 0.3 is 0 Å². The third kappa shape index (κ3) is 3.03. The van der Waals surface area contributed by atoms with E-state index in [1.807, 2.05) is 42.5 Å². The van der Waals surface area contributed by atoms with Crippen molar-refractivity contribution in [2.24, 2.45) is 0 Å². The summed E-state index contributed by atoms with van der Waals surface area (Å²) in [5.41, 5.74) is 8.51. The fourth-order valence-electron chi connectivity index (χ4n) is 3.36. The molecule has 0 saturated heterocycles. The average molecular weight is 415 g/mol. The van der Waals surface area contributed by atoms with Crippen LogP contribution in [0.3, 0.4) is 0 Å². The molecule has 0 fully saturated rings. The van der Waals surface area contributed by atoms with Crippen molar-refractivity contribution in [2.75, 3.05) is 5.73 Å². The molecule has 0 bridgehead atoms. The van der Waals surface area contributed by atoms with Gasteiger partial charge in [-0.3, -0.25) is 4.79 Å². The van der Waals surface area contributed by atoms with Gasteiger partial charge in [-0.2, -0.15) is 0 Å². The number of anilines is 1. The van der Waals surface area contributed by atoms with E-state index in [1.165, 1.54) is 10.8 Å². The van der Waals surface area contributed by atoms with Gasteiger partial charge in [0.2, 0.25) is 0 Å². The number of hydrogen-bond donors (Lipinski definition) is 1. The van der Waals surface area contributed by atoms with Gasteiger partial charge in [0, 0.05) is 23.4 Å². The number of nitrogen functional groups attached to an aromatic ring is 1. The summed E-state index contributed by atoms with van der Waals surface area (Å²) in [5, 5.41) is 1.00. The van der Waals surface area contributed by atoms with Gasteiger partial charge in [0.25, 0.3) is 5.56 Å². The summed E-state index contributed by atoms with van der Waals surface area (Å²) in [6.07, 6.45) is 3.05. The molecule has 0 aliphatic heterocycles. The number of rotatable bonds is 3. The molecule has 30 heavy (non-hydrogen) atoms. The highest BCUT2D eigenvalue weighted by Gasteiger charge is 2.16. The number of aromatic nitrogens is 3. The largest absolute Gasteiger partial charge is 0.462 e. The third-order valence-corrected chi connectivity index (χ3v) is 5.04. The van der Waals surface area contributed by atoms with Crippen molar-refractivity contribution in [3.63, 3.8) is 0 Å². The molecule has 7 heteroatoms. The number of fused-ring (bicyclic) bond motifs is 1. The summed E-state index contributed by atoms with van der Waals surface area (Å²) in [5.74, 6) is 1.52. The van der Waals surface area contributed by atoms with Crippen LogP contribution in [-0.2, 0) is 0 Å². The maximum absolute atomic E-state index is 13.3. The van der Waals surface area contributed by atoms with Crippen LogP contribution in [0.1, 0.15) is 0 Å². The molecule has 2 N–H and O–H groups in total. The van der Waals surface area contributed by atoms with Gasteiger partial charge < -0.3 is 10.2 Å². The highest BCUT2D eigenvalue weighted by molar-refractivity contribution is 6.30. The quantitative estimate of drug-likeness (QED) is 0.451. The number of halogens is 1. The lowest BCUT2D eigenvalue weighted by Crippen LogP contribution is -2.22. The van der Waals surface area contributed by atoms with Crippen molar-refractivity contribution < 1.29 is 4.42 Å². The van der Waals surface area contributed by atoms with Gasteiger partial charge in [0.05, 0.1) is 27.9 Å². The molecule has 0 aliphatic carbocycles. The standard InChI is InChI=1S/C23H15ClN4O2/c24-16-9-10-20(26-13-16)28-22(27-19-4-2-1-3-17(19)23(28)29)15-7-5-14(6-8-15)21-18(25)11-12-30-21/h1-13H,25H2. The molecule has 0 amide bonds. The Balaban J connectivity index is 1.73. The SMILES string of the molecule is Nc1ccoc1-c1ccc(-c2nc3ccccc3c(=O)n2-c2ccc(Cl)cn2)cc1. The van der Waals surface area contributed by atoms with Crippen LogP contribution in [0.25, 0.3) is 39.4 Å². The zero-order valence-corrected chi connectivity index (χ0v) is 16.4. The summed E-state index contributed by atoms with van der Waals surface area (Å²) in [4.78, 5) is 22.4. The summed E-state index contributed by atoms with van der Waals surface area (Å²) in [7, 11) is 0. The molecule has 5 aromatic rings. The van der Waals surface area contributed by atoms with E-state index in [4.69, 9.17) is 26.7 Å². The number of nitrogens with two attached hydrogens (primary N) is 1. The Morgan fingerprint density at radius 3 is 2.40 bits per heavy atom. The predicted molar refractivity (Wildman–Crippen MR) is 118 cm³/mol. The molecule has 0 spiro atoms. The van der Waals surface area contributed by atoms with Crippen LogP contribution < -0.4 is 11.3 Å². The number of nitrogens with zero attached hydrogens (tertiary/aromatic N) is 3. The molecular formula is C23H15ClN4O2. The molecule has 0 aliphatic rings. The zero-order valence-electron chi connectivity index (χ0n) is 15.6. The van der Waals surface area contributed by atoms with Crippen molar-refractivity contribution in [2.45, 2.75) is 0 Å². The molecule has 6 nitrogen and oxygen atoms in total. The lowest BCUT2D eigenvalue weighted by molar-refractivity contribution is 0.583. The van der Waals surface area contributed by atoms with Gasteiger partial charge in [-0.25, -0.2) is 14.5 Å². The lowest BCUT2D eigenvalue weighted by atomic mass is 10.1. The minimum atomic E-state index is -0.204. The average Bonchev–Trinajstić information content (AvgIpc) is 3.20. The first-order valence-corrected chi connectivity index (χ1v) is 9.57. The van der Waals surface area contributed by atoms with Gasteiger partial charge in [-0.15, -0.1) is 0 Å². The van der Waals surface area contributed by atoms with E-state index in [-0.39, 0.29) is 5.56 Å². The Kier molecular flexibility index (Phi) is 4.34. The highest BCUT2D eigenvalue weighted by Crippen LogP contribution is 2.29. The number of pyridine rings is 1. The molecule has 0 saturated carbocycles. The fraction of sp³-hybridized carbons (Fsp3) is 0. The minimum Gasteiger partial charge on any atom is -0.462 e. The Labute approximate surface area is 176 Å². The van der Waals surface area contributed by atoms with Crippen molar-refractivity contribution in [1.82, 2.24) is 14.5 Å². The van der Waals surface area contributed by atoms with Crippen molar-refractivity contribution in [3.8, 4) is 28.5 Å². The second kappa shape index (κ2) is 7.17. The van der Waals surface area contributed by atoms with Gasteiger partial charge in [-0.05, 0) is 24.3 Å². The maximum atomic E-state index is 13.3. The Morgan fingerprint density at radius 1 is 0.933 bits per heavy atom. The molecule has 0 atom stereocenters. The van der Waals surface area contributed by atoms with Crippen LogP contribution in [0.2, 0.25) is 5.02 Å². The molecule has 0 unspecified atom stereocenters. The maximum Gasteiger partial charge on any atom is 0.267 e. The van der Waals surface area contributed by atoms with E-state index in [9.17, 15) is 4.79 Å². The van der Waals surface area contributed by atoms with Crippen molar-refractivity contribution >= 4 is 28.2 Å². The second-order valence-corrected chi connectivity index (χ2v) is 7.15. The fourth-order valence-corrected chi connectivity index (χ4v) is 3.48. The van der Waals surface area contributed by atoms with Crippen LogP contribution in [0.15, 0.2) is 88.4 Å². The van der Waals surface area contributed by atoms with Crippen molar-refractivity contribution in [3.05, 3.63) is 94.6 Å². The molecule has 0 radical (unpaired) electrons. The molecule has 146 valence electrons. The Hall–Kier alpha value is -3.90. The molecule has 3 heterocycles. The zero-order chi connectivity index (χ0) is 20.7. The second-order valence-electron chi connectivity index (χ2n) is 6.71. The summed E-state index contributed by atoms with van der Waals surface area (Å²) >= 11 is 5.99. The van der Waals surface area contributed by atoms with E-state index in [1.54, 1.807) is 30.5 Å². The normalized spacial score (nSPS) is 11.1. The van der Waals surface area contributed by atoms with Gasteiger partial charge in [0.15, 0.2) is 5.76 Å². The van der Waals surface area contributed by atoms with E-state index in [0.29, 0.717) is 39.0 Å². The smallest absolute Gasteiger partial charge is 0.267 e. The van der Waals surface area contributed by atoms with E-state index >= 15 is 0 Å². The lowest BCUT2D eigenvalue weighted by Gasteiger charge is -2.13. The van der Waals surface area contributed by atoms with Crippen LogP contribution in [0, 0.1) is 0 Å². The summed E-state index contributed by atoms with van der Waals surface area (Å²) in [6.45, 7) is 0. The predicted octanol–water partition coefficient (Wildman–Crippen LogP) is 4.94. The number of benzene rings is 2. The van der Waals surface area contributed by atoms with Gasteiger partial charge in [-0.1, -0.05) is 48.0 Å². The van der Waals surface area contributed by atoms with E-state index in [0.717, 1.165) is 11.1 Å². The Morgan fingerprint density at radius 2 is 1.70 bits per heavy atom. The first-order chi connectivity index (χ1) is 14.6. The molecule has 3 aromatic heterocycles. The van der Waals surface area contributed by atoms with Crippen LogP contribution in [0.5, 0.6) is 0 Å². The first kappa shape index (κ1) is 18.1. The monoisotopic (exact) mass is 414 g/mol. The summed E-state index contributed by atoms with van der Waals surface area (Å²) < 4.78 is 6.95. The first-order valence-electron chi connectivity index (χ1n) is 9.19. The molecular weight excluding hydrogens is 400 g/mol. The third-order valence-electron chi connectivity index (χ3n) is 4.82. The molecule has 5 rings (SSSR count). The minimum absolute atomic E-state index is 0.204. The van der Waals surface area contributed by atoms with E-state index < -0.39 is 0 Å². The van der Waals surface area contributed by atoms with Crippen LogP contribution in [0.4, 0.5) is 5.69 Å². The molecule has 2 aromatic carbocycles. The Bertz CT molecular complexity index is 1420. The number of para-hydroxylation sites is 1. The number of hydrogen-bond acceptors (Lipinski definition) is 5. The van der Waals surface area contributed by atoms with Crippen LogP contribution >= 0.6 is 11.6 Å². The summed E-state index contributed by atoms with van der Waals surface area (Å²) in [6, 6.07) is 19.8. The number of furan rings is 1. The van der Waals surface area contributed by atoms with E-state index in [2.05, 4.69) is 4.98 Å². The highest BCUT2D eigenvalue weighted by atomic mass is 35.5. The van der Waals surface area contributed by atoms with Gasteiger partial charge in [0.1, 0.15) is 11.6 Å².